The molecule has 2 aromatic carbocycles. The third kappa shape index (κ3) is 3.12. The number of carbonyl (C=O) groups excluding carboxylic acids is 1. The van der Waals surface area contributed by atoms with Crippen LogP contribution in [0.15, 0.2) is 65.7 Å². The summed E-state index contributed by atoms with van der Waals surface area (Å²) in [5.74, 6) is -0.320. The number of pyridine rings is 1. The molecule has 2 N–H and O–H groups in total. The smallest absolute Gasteiger partial charge is 0.255 e. The van der Waals surface area contributed by atoms with Crippen LogP contribution in [0, 0.1) is 0 Å². The Balaban J connectivity index is 1.87. The van der Waals surface area contributed by atoms with Crippen LogP contribution >= 0.6 is 0 Å². The van der Waals surface area contributed by atoms with Crippen LogP contribution in [0.25, 0.3) is 10.9 Å². The number of hydrogen-bond acceptors (Lipinski definition) is 4. The second kappa shape index (κ2) is 6.38. The van der Waals surface area contributed by atoms with Gasteiger partial charge < -0.3 is 5.32 Å². The Kier molecular flexibility index (Phi) is 4.28. The highest BCUT2D eigenvalue weighted by molar-refractivity contribution is 7.89. The number of nitrogens with zero attached hydrogens (tertiary/aromatic N) is 1. The molecule has 1 amide bonds. The first kappa shape index (κ1) is 16.1. The molecule has 0 atom stereocenters. The average Bonchev–Trinajstić information content (AvgIpc) is 2.62. The van der Waals surface area contributed by atoms with Gasteiger partial charge in [0.15, 0.2) is 0 Å². The van der Waals surface area contributed by atoms with Gasteiger partial charge in [-0.1, -0.05) is 6.07 Å². The Morgan fingerprint density at radius 3 is 2.46 bits per heavy atom. The topological polar surface area (TPSA) is 88.2 Å². The zero-order valence-electron chi connectivity index (χ0n) is 12.9. The van der Waals surface area contributed by atoms with E-state index in [1.807, 2.05) is 18.2 Å². The van der Waals surface area contributed by atoms with Crippen LogP contribution in [0.1, 0.15) is 10.4 Å². The van der Waals surface area contributed by atoms with E-state index in [1.54, 1.807) is 18.3 Å². The second-order valence-electron chi connectivity index (χ2n) is 5.06. The fourth-order valence-corrected chi connectivity index (χ4v) is 3.04. The first-order valence-corrected chi connectivity index (χ1v) is 8.68. The molecular weight excluding hydrogens is 326 g/mol. The lowest BCUT2D eigenvalue weighted by Gasteiger charge is -2.09. The summed E-state index contributed by atoms with van der Waals surface area (Å²) in [6.07, 6.45) is 1.69. The molecule has 7 heteroatoms. The molecule has 0 aliphatic carbocycles. The van der Waals surface area contributed by atoms with E-state index < -0.39 is 10.0 Å². The van der Waals surface area contributed by atoms with Crippen LogP contribution in [0.5, 0.6) is 0 Å². The molecule has 122 valence electrons. The molecule has 3 rings (SSSR count). The highest BCUT2D eigenvalue weighted by atomic mass is 32.2. The standard InChI is InChI=1S/C17H15N3O3S/c1-18-24(22,23)13-9-7-12(8-10-13)17(21)20-16-6-2-5-15-14(16)4-3-11-19-15/h2-11,18H,1H3,(H,20,21). The van der Waals surface area contributed by atoms with Crippen LogP contribution in [-0.2, 0) is 10.0 Å². The Morgan fingerprint density at radius 1 is 1.00 bits per heavy atom. The number of aromatic nitrogens is 1. The van der Waals surface area contributed by atoms with Gasteiger partial charge in [-0.3, -0.25) is 9.78 Å². The molecule has 0 aliphatic heterocycles. The van der Waals surface area contributed by atoms with Crippen molar-refractivity contribution in [3.05, 3.63) is 66.4 Å². The van der Waals surface area contributed by atoms with Crippen LogP contribution in [0.4, 0.5) is 5.69 Å². The first-order chi connectivity index (χ1) is 11.5. The lowest BCUT2D eigenvalue weighted by molar-refractivity contribution is 0.102. The summed E-state index contributed by atoms with van der Waals surface area (Å²) in [6, 6.07) is 14.9. The molecule has 24 heavy (non-hydrogen) atoms. The summed E-state index contributed by atoms with van der Waals surface area (Å²) in [5, 5.41) is 3.67. The van der Waals surface area contributed by atoms with Crippen molar-refractivity contribution >= 4 is 32.5 Å². The lowest BCUT2D eigenvalue weighted by Crippen LogP contribution is -2.19. The summed E-state index contributed by atoms with van der Waals surface area (Å²) in [5.41, 5.74) is 1.80. The number of anilines is 1. The fraction of sp³-hybridized carbons (Fsp3) is 0.0588. The van der Waals surface area contributed by atoms with E-state index in [4.69, 9.17) is 0 Å². The minimum Gasteiger partial charge on any atom is -0.321 e. The third-order valence-electron chi connectivity index (χ3n) is 3.59. The average molecular weight is 341 g/mol. The highest BCUT2D eigenvalue weighted by Crippen LogP contribution is 2.22. The number of nitrogens with one attached hydrogen (secondary N) is 2. The molecule has 0 saturated heterocycles. The number of rotatable bonds is 4. The summed E-state index contributed by atoms with van der Waals surface area (Å²) in [7, 11) is -2.18. The van der Waals surface area contributed by atoms with Gasteiger partial charge in [-0.25, -0.2) is 13.1 Å². The Morgan fingerprint density at radius 2 is 1.75 bits per heavy atom. The van der Waals surface area contributed by atoms with E-state index in [-0.39, 0.29) is 10.8 Å². The number of carbonyl (C=O) groups is 1. The maximum atomic E-state index is 12.4. The largest absolute Gasteiger partial charge is 0.321 e. The van der Waals surface area contributed by atoms with Crippen molar-refractivity contribution in [3.63, 3.8) is 0 Å². The Hall–Kier alpha value is -2.77. The Bertz CT molecular complexity index is 994. The summed E-state index contributed by atoms with van der Waals surface area (Å²) in [4.78, 5) is 16.7. The number of sulfonamides is 1. The third-order valence-corrected chi connectivity index (χ3v) is 5.02. The van der Waals surface area contributed by atoms with E-state index >= 15 is 0 Å². The molecule has 0 saturated carbocycles. The molecule has 0 bridgehead atoms. The van der Waals surface area contributed by atoms with Gasteiger partial charge in [0, 0.05) is 17.1 Å². The van der Waals surface area contributed by atoms with Crippen LogP contribution in [0.3, 0.4) is 0 Å². The molecule has 3 aromatic rings. The van der Waals surface area contributed by atoms with E-state index in [1.165, 1.54) is 31.3 Å². The fourth-order valence-electron chi connectivity index (χ4n) is 2.31. The van der Waals surface area contributed by atoms with Gasteiger partial charge in [0.05, 0.1) is 16.1 Å². The molecule has 0 fully saturated rings. The van der Waals surface area contributed by atoms with E-state index in [0.29, 0.717) is 11.3 Å². The second-order valence-corrected chi connectivity index (χ2v) is 6.95. The molecule has 1 aromatic heterocycles. The van der Waals surface area contributed by atoms with Gasteiger partial charge in [-0.2, -0.15) is 0 Å². The van der Waals surface area contributed by atoms with Gasteiger partial charge in [0.1, 0.15) is 0 Å². The minimum absolute atomic E-state index is 0.107. The quantitative estimate of drug-likeness (QED) is 0.763. The van der Waals surface area contributed by atoms with Crippen molar-refractivity contribution in [1.29, 1.82) is 0 Å². The van der Waals surface area contributed by atoms with Crippen LogP contribution in [0.2, 0.25) is 0 Å². The number of benzene rings is 2. The SMILES string of the molecule is CNS(=O)(=O)c1ccc(C(=O)Nc2cccc3ncccc23)cc1. The van der Waals surface area contributed by atoms with Gasteiger partial charge in [0.2, 0.25) is 10.0 Å². The summed E-state index contributed by atoms with van der Waals surface area (Å²) < 4.78 is 25.6. The molecule has 0 radical (unpaired) electrons. The first-order valence-electron chi connectivity index (χ1n) is 7.20. The van der Waals surface area contributed by atoms with Crippen molar-refractivity contribution in [1.82, 2.24) is 9.71 Å². The monoisotopic (exact) mass is 341 g/mol. The molecule has 0 spiro atoms. The maximum absolute atomic E-state index is 12.4. The van der Waals surface area contributed by atoms with Crippen LogP contribution in [-0.4, -0.2) is 26.4 Å². The number of amides is 1. The van der Waals surface area contributed by atoms with E-state index in [0.717, 1.165) is 10.9 Å². The maximum Gasteiger partial charge on any atom is 0.255 e. The van der Waals surface area contributed by atoms with Crippen molar-refractivity contribution < 1.29 is 13.2 Å². The van der Waals surface area contributed by atoms with Gasteiger partial charge in [-0.05, 0) is 55.6 Å². The zero-order chi connectivity index (χ0) is 17.2. The van der Waals surface area contributed by atoms with Crippen molar-refractivity contribution in [3.8, 4) is 0 Å². The summed E-state index contributed by atoms with van der Waals surface area (Å²) >= 11 is 0. The lowest BCUT2D eigenvalue weighted by atomic mass is 10.1. The van der Waals surface area contributed by atoms with Crippen molar-refractivity contribution in [2.24, 2.45) is 0 Å². The van der Waals surface area contributed by atoms with Gasteiger partial charge >= 0.3 is 0 Å². The van der Waals surface area contributed by atoms with Crippen molar-refractivity contribution in [2.75, 3.05) is 12.4 Å². The van der Waals surface area contributed by atoms with E-state index in [2.05, 4.69) is 15.0 Å². The normalized spacial score (nSPS) is 11.4. The number of fused-ring (bicyclic) bond motifs is 1. The van der Waals surface area contributed by atoms with Crippen molar-refractivity contribution in [2.45, 2.75) is 4.90 Å². The van der Waals surface area contributed by atoms with Gasteiger partial charge in [-0.15, -0.1) is 0 Å². The minimum atomic E-state index is -3.52. The predicted octanol–water partition coefficient (Wildman–Crippen LogP) is 2.40. The summed E-state index contributed by atoms with van der Waals surface area (Å²) in [6.45, 7) is 0. The number of hydrogen-bond donors (Lipinski definition) is 2. The predicted molar refractivity (Wildman–Crippen MR) is 92.4 cm³/mol. The molecular formula is C17H15N3O3S. The van der Waals surface area contributed by atoms with E-state index in [9.17, 15) is 13.2 Å². The zero-order valence-corrected chi connectivity index (χ0v) is 13.7. The molecule has 0 unspecified atom stereocenters. The van der Waals surface area contributed by atoms with Crippen LogP contribution < -0.4 is 10.0 Å². The molecule has 0 aliphatic rings. The molecule has 1 heterocycles. The highest BCUT2D eigenvalue weighted by Gasteiger charge is 2.13. The van der Waals surface area contributed by atoms with Gasteiger partial charge in [0.25, 0.3) is 5.91 Å². The Labute approximate surface area is 139 Å². The molecule has 6 nitrogen and oxygen atoms in total.